The van der Waals surface area contributed by atoms with Crippen LogP contribution in [0, 0.1) is 0 Å². The van der Waals surface area contributed by atoms with E-state index in [-0.39, 0.29) is 13.0 Å². The molecule has 0 heterocycles. The second-order valence-corrected chi connectivity index (χ2v) is 8.35. The third-order valence-electron chi connectivity index (χ3n) is 3.84. The Morgan fingerprint density at radius 3 is 2.15 bits per heavy atom. The summed E-state index contributed by atoms with van der Waals surface area (Å²) >= 11 is 0. The van der Waals surface area contributed by atoms with Crippen LogP contribution >= 0.6 is 7.37 Å². The van der Waals surface area contributed by atoms with E-state index in [1.807, 2.05) is 24.3 Å². The normalized spacial score (nSPS) is 13.9. The first-order valence-corrected chi connectivity index (χ1v) is 10.2. The lowest BCUT2D eigenvalue weighted by Gasteiger charge is -2.23. The van der Waals surface area contributed by atoms with E-state index < -0.39 is 31.4 Å². The van der Waals surface area contributed by atoms with E-state index in [1.165, 1.54) is 0 Å². The molecule has 2 aromatic rings. The standard InChI is InChI=1S/C19H22NO6P/c1-25-18(21)14-27(23,24)17(12-15-8-4-2-5-9-15)20-19(22)26-13-16-10-6-3-7-11-16/h2-11,17H,12-14H2,1H3,(H,20,22)(H,23,24). The summed E-state index contributed by atoms with van der Waals surface area (Å²) in [4.78, 5) is 34.0. The molecule has 0 aliphatic heterocycles. The van der Waals surface area contributed by atoms with E-state index in [4.69, 9.17) is 4.74 Å². The number of rotatable bonds is 8. The molecule has 2 unspecified atom stereocenters. The van der Waals surface area contributed by atoms with E-state index in [1.54, 1.807) is 36.4 Å². The van der Waals surface area contributed by atoms with Gasteiger partial charge in [-0.15, -0.1) is 0 Å². The van der Waals surface area contributed by atoms with Crippen LogP contribution in [0.2, 0.25) is 0 Å². The van der Waals surface area contributed by atoms with Gasteiger partial charge in [-0.05, 0) is 11.1 Å². The van der Waals surface area contributed by atoms with E-state index in [2.05, 4.69) is 10.1 Å². The van der Waals surface area contributed by atoms with Crippen molar-refractivity contribution in [2.75, 3.05) is 13.3 Å². The molecule has 2 atom stereocenters. The molecule has 8 heteroatoms. The average molecular weight is 391 g/mol. The van der Waals surface area contributed by atoms with Gasteiger partial charge in [0.1, 0.15) is 18.6 Å². The van der Waals surface area contributed by atoms with Crippen LogP contribution in [0.4, 0.5) is 4.79 Å². The molecule has 2 aromatic carbocycles. The Balaban J connectivity index is 2.07. The van der Waals surface area contributed by atoms with Gasteiger partial charge in [0, 0.05) is 6.42 Å². The van der Waals surface area contributed by atoms with E-state index in [0.717, 1.165) is 18.2 Å². The smallest absolute Gasteiger partial charge is 0.408 e. The monoisotopic (exact) mass is 391 g/mol. The number of benzene rings is 2. The van der Waals surface area contributed by atoms with Crippen LogP contribution in [0.25, 0.3) is 0 Å². The molecule has 0 bridgehead atoms. The number of alkyl carbamates (subject to hydrolysis) is 1. The number of methoxy groups -OCH3 is 1. The summed E-state index contributed by atoms with van der Waals surface area (Å²) in [5, 5.41) is 2.42. The van der Waals surface area contributed by atoms with Gasteiger partial charge in [-0.1, -0.05) is 60.7 Å². The summed E-state index contributed by atoms with van der Waals surface area (Å²) in [7, 11) is -2.94. The molecule has 2 rings (SSSR count). The molecule has 1 amide bonds. The summed E-state index contributed by atoms with van der Waals surface area (Å²) in [6.45, 7) is 0.0253. The molecule has 0 saturated heterocycles. The van der Waals surface area contributed by atoms with Crippen molar-refractivity contribution in [1.82, 2.24) is 5.32 Å². The Bertz CT molecular complexity index is 796. The number of esters is 1. The van der Waals surface area contributed by atoms with Crippen LogP contribution in [-0.4, -0.2) is 36.0 Å². The van der Waals surface area contributed by atoms with Crippen molar-refractivity contribution in [1.29, 1.82) is 0 Å². The molecule has 0 radical (unpaired) electrons. The highest BCUT2D eigenvalue weighted by Gasteiger charge is 2.35. The van der Waals surface area contributed by atoms with Crippen molar-refractivity contribution < 1.29 is 28.5 Å². The number of nitrogens with one attached hydrogen (secondary N) is 1. The van der Waals surface area contributed by atoms with Gasteiger partial charge >= 0.3 is 12.1 Å². The van der Waals surface area contributed by atoms with Crippen LogP contribution in [0.1, 0.15) is 11.1 Å². The lowest BCUT2D eigenvalue weighted by Crippen LogP contribution is -2.38. The zero-order chi connectivity index (χ0) is 19.7. The number of carbonyl (C=O) groups excluding carboxylic acids is 2. The van der Waals surface area contributed by atoms with Gasteiger partial charge in [-0.2, -0.15) is 0 Å². The maximum Gasteiger partial charge on any atom is 0.408 e. The van der Waals surface area contributed by atoms with Gasteiger partial charge in [-0.25, -0.2) is 4.79 Å². The number of ether oxygens (including phenoxy) is 2. The van der Waals surface area contributed by atoms with Crippen molar-refractivity contribution in [2.45, 2.75) is 18.8 Å². The lowest BCUT2D eigenvalue weighted by atomic mass is 10.1. The molecule has 0 aliphatic rings. The number of hydrogen-bond acceptors (Lipinski definition) is 5. The molecule has 144 valence electrons. The third kappa shape index (κ3) is 6.89. The van der Waals surface area contributed by atoms with E-state index in [9.17, 15) is 19.0 Å². The molecular weight excluding hydrogens is 369 g/mol. The highest BCUT2D eigenvalue weighted by molar-refractivity contribution is 7.59. The highest BCUT2D eigenvalue weighted by Crippen LogP contribution is 2.46. The Kier molecular flexibility index (Phi) is 7.58. The molecular formula is C19H22NO6P. The Hall–Kier alpha value is -2.63. The topological polar surface area (TPSA) is 102 Å². The first-order chi connectivity index (χ1) is 12.9. The zero-order valence-electron chi connectivity index (χ0n) is 14.9. The van der Waals surface area contributed by atoms with Crippen LogP contribution in [-0.2, 0) is 31.9 Å². The molecule has 0 aromatic heterocycles. The van der Waals surface area contributed by atoms with E-state index in [0.29, 0.717) is 0 Å². The molecule has 0 fully saturated rings. The van der Waals surface area contributed by atoms with Crippen molar-refractivity contribution >= 4 is 19.4 Å². The first-order valence-electron chi connectivity index (χ1n) is 8.30. The Morgan fingerprint density at radius 2 is 1.59 bits per heavy atom. The third-order valence-corrected chi connectivity index (χ3v) is 5.84. The summed E-state index contributed by atoms with van der Waals surface area (Å²) in [6.07, 6.45) is -1.45. The van der Waals surface area contributed by atoms with Crippen LogP contribution in [0.3, 0.4) is 0 Å². The SMILES string of the molecule is COC(=O)CP(=O)(O)C(Cc1ccccc1)NC(=O)OCc1ccccc1. The number of carbonyl (C=O) groups is 2. The second-order valence-electron chi connectivity index (χ2n) is 5.90. The average Bonchev–Trinajstić information content (AvgIpc) is 2.67. The minimum absolute atomic E-state index is 0.0253. The quantitative estimate of drug-likeness (QED) is 0.530. The Labute approximate surface area is 157 Å². The van der Waals surface area contributed by atoms with Gasteiger partial charge in [0.25, 0.3) is 0 Å². The predicted molar refractivity (Wildman–Crippen MR) is 100 cm³/mol. The summed E-state index contributed by atoms with van der Waals surface area (Å²) in [5.41, 5.74) is 1.53. The van der Waals surface area contributed by atoms with Crippen molar-refractivity contribution in [2.24, 2.45) is 0 Å². The fourth-order valence-electron chi connectivity index (χ4n) is 2.39. The Morgan fingerprint density at radius 1 is 1.04 bits per heavy atom. The minimum Gasteiger partial charge on any atom is -0.469 e. The van der Waals surface area contributed by atoms with E-state index >= 15 is 0 Å². The zero-order valence-corrected chi connectivity index (χ0v) is 15.8. The fraction of sp³-hybridized carbons (Fsp3) is 0.263. The summed E-state index contributed by atoms with van der Waals surface area (Å²) in [6, 6.07) is 18.0. The molecule has 0 spiro atoms. The molecule has 0 aliphatic carbocycles. The summed E-state index contributed by atoms with van der Waals surface area (Å²) in [5.74, 6) is -2.00. The largest absolute Gasteiger partial charge is 0.469 e. The van der Waals surface area contributed by atoms with Crippen molar-refractivity contribution in [3.05, 3.63) is 71.8 Å². The van der Waals surface area contributed by atoms with Gasteiger partial charge in [0.2, 0.25) is 7.37 Å². The minimum atomic E-state index is -4.08. The maximum absolute atomic E-state index is 12.7. The fourth-order valence-corrected chi connectivity index (χ4v) is 3.92. The van der Waals surface area contributed by atoms with Crippen molar-refractivity contribution in [3.63, 3.8) is 0 Å². The molecule has 0 saturated carbocycles. The molecule has 2 N–H and O–H groups in total. The van der Waals surface area contributed by atoms with Gasteiger partial charge in [-0.3, -0.25) is 9.36 Å². The number of hydrogen-bond donors (Lipinski definition) is 2. The van der Waals surface area contributed by atoms with Crippen LogP contribution in [0.15, 0.2) is 60.7 Å². The van der Waals surface area contributed by atoms with Gasteiger partial charge in [0.05, 0.1) is 7.11 Å². The van der Waals surface area contributed by atoms with Crippen LogP contribution < -0.4 is 5.32 Å². The molecule has 27 heavy (non-hydrogen) atoms. The maximum atomic E-state index is 12.7. The highest BCUT2D eigenvalue weighted by atomic mass is 31.2. The lowest BCUT2D eigenvalue weighted by molar-refractivity contribution is -0.137. The first kappa shape index (κ1) is 20.7. The van der Waals surface area contributed by atoms with Crippen molar-refractivity contribution in [3.8, 4) is 0 Å². The molecule has 7 nitrogen and oxygen atoms in total. The second kappa shape index (κ2) is 9.90. The number of amides is 1. The van der Waals surface area contributed by atoms with Gasteiger partial charge in [0.15, 0.2) is 0 Å². The predicted octanol–water partition coefficient (Wildman–Crippen LogP) is 2.93. The summed E-state index contributed by atoms with van der Waals surface area (Å²) < 4.78 is 22.3. The van der Waals surface area contributed by atoms with Crippen LogP contribution in [0.5, 0.6) is 0 Å². The van der Waals surface area contributed by atoms with Gasteiger partial charge < -0.3 is 19.7 Å².